The molecule has 18 heavy (non-hydrogen) atoms. The molecule has 0 radical (unpaired) electrons. The van der Waals surface area contributed by atoms with Crippen molar-refractivity contribution in [2.24, 2.45) is 0 Å². The van der Waals surface area contributed by atoms with Gasteiger partial charge in [0, 0.05) is 12.0 Å². The fraction of sp³-hybridized carbons (Fsp3) is 0.556. The Labute approximate surface area is 113 Å². The van der Waals surface area contributed by atoms with Gasteiger partial charge < -0.3 is 0 Å². The van der Waals surface area contributed by atoms with Crippen LogP contribution in [0.3, 0.4) is 0 Å². The van der Waals surface area contributed by atoms with E-state index in [1.807, 2.05) is 0 Å². The summed E-state index contributed by atoms with van der Waals surface area (Å²) in [7, 11) is 0. The Morgan fingerprint density at radius 3 is 2.22 bits per heavy atom. The molecule has 0 saturated heterocycles. The van der Waals surface area contributed by atoms with Crippen molar-refractivity contribution >= 4 is 0 Å². The molecule has 1 aromatic carbocycles. The fourth-order valence-corrected chi connectivity index (χ4v) is 1.93. The third-order valence-electron chi connectivity index (χ3n) is 3.22. The molecule has 0 aliphatic carbocycles. The molecule has 0 aliphatic rings. The van der Waals surface area contributed by atoms with Crippen LogP contribution in [0.4, 0.5) is 0 Å². The summed E-state index contributed by atoms with van der Waals surface area (Å²) in [5.41, 5.74) is 2.54. The molecule has 0 fully saturated rings. The third-order valence-corrected chi connectivity index (χ3v) is 3.22. The first kappa shape index (κ1) is 14.8. The molecule has 0 saturated carbocycles. The highest BCUT2D eigenvalue weighted by atomic mass is 14.0. The zero-order valence-electron chi connectivity index (χ0n) is 12.1. The second-order valence-corrected chi connectivity index (χ2v) is 5.24. The molecule has 0 heteroatoms. The number of hydrogen-bond acceptors (Lipinski definition) is 0. The van der Waals surface area contributed by atoms with E-state index in [0.717, 1.165) is 12.0 Å². The standard InChI is InChI=1S/C18H26/c1-4-5-6-7-8-9-10-11-17-12-14-18(15-13-17)16(2)3/h12-16H,4-9H2,1-3H3. The van der Waals surface area contributed by atoms with Gasteiger partial charge in [-0.3, -0.25) is 0 Å². The normalized spacial score (nSPS) is 10.2. The molecule has 0 spiro atoms. The highest BCUT2D eigenvalue weighted by Gasteiger charge is 1.96. The Bertz CT molecular complexity index is 373. The molecule has 1 rings (SSSR count). The number of rotatable bonds is 6. The predicted octanol–water partition coefficient (Wildman–Crippen LogP) is 5.52. The SMILES string of the molecule is CCCCCCCC#Cc1ccc(C(C)C)cc1. The van der Waals surface area contributed by atoms with Crippen LogP contribution in [0.25, 0.3) is 0 Å². The Morgan fingerprint density at radius 2 is 1.61 bits per heavy atom. The van der Waals surface area contributed by atoms with Crippen LogP contribution in [0.1, 0.15) is 76.3 Å². The van der Waals surface area contributed by atoms with Crippen LogP contribution < -0.4 is 0 Å². The summed E-state index contributed by atoms with van der Waals surface area (Å²) in [4.78, 5) is 0. The largest absolute Gasteiger partial charge is 0.0979 e. The first-order valence-corrected chi connectivity index (χ1v) is 7.33. The summed E-state index contributed by atoms with van der Waals surface area (Å²) in [6.45, 7) is 6.69. The van der Waals surface area contributed by atoms with Crippen molar-refractivity contribution in [1.29, 1.82) is 0 Å². The van der Waals surface area contributed by atoms with Gasteiger partial charge >= 0.3 is 0 Å². The lowest BCUT2D eigenvalue weighted by atomic mass is 10.0. The minimum atomic E-state index is 0.602. The highest BCUT2D eigenvalue weighted by Crippen LogP contribution is 2.14. The maximum atomic E-state index is 3.28. The lowest BCUT2D eigenvalue weighted by Gasteiger charge is -2.03. The molecule has 98 valence electrons. The summed E-state index contributed by atoms with van der Waals surface area (Å²) >= 11 is 0. The van der Waals surface area contributed by atoms with E-state index < -0.39 is 0 Å². The van der Waals surface area contributed by atoms with Gasteiger partial charge in [0.1, 0.15) is 0 Å². The van der Waals surface area contributed by atoms with Gasteiger partial charge in [0.25, 0.3) is 0 Å². The van der Waals surface area contributed by atoms with Gasteiger partial charge in [0.15, 0.2) is 0 Å². The molecule has 0 bridgehead atoms. The van der Waals surface area contributed by atoms with Gasteiger partial charge in [-0.25, -0.2) is 0 Å². The zero-order valence-corrected chi connectivity index (χ0v) is 12.1. The Kier molecular flexibility index (Phi) is 7.26. The molecule has 1 aromatic rings. The van der Waals surface area contributed by atoms with E-state index in [-0.39, 0.29) is 0 Å². The van der Waals surface area contributed by atoms with E-state index in [2.05, 4.69) is 56.9 Å². The van der Waals surface area contributed by atoms with Crippen molar-refractivity contribution in [3.05, 3.63) is 35.4 Å². The van der Waals surface area contributed by atoms with Crippen LogP contribution >= 0.6 is 0 Å². The quantitative estimate of drug-likeness (QED) is 0.455. The Balaban J connectivity index is 2.30. The zero-order chi connectivity index (χ0) is 13.2. The highest BCUT2D eigenvalue weighted by molar-refractivity contribution is 5.36. The fourth-order valence-electron chi connectivity index (χ4n) is 1.93. The molecule has 0 unspecified atom stereocenters. The average molecular weight is 242 g/mol. The summed E-state index contributed by atoms with van der Waals surface area (Å²) in [5.74, 6) is 7.13. The lowest BCUT2D eigenvalue weighted by molar-refractivity contribution is 0.641. The summed E-state index contributed by atoms with van der Waals surface area (Å²) < 4.78 is 0. The van der Waals surface area contributed by atoms with Gasteiger partial charge in [-0.15, -0.1) is 0 Å². The van der Waals surface area contributed by atoms with E-state index in [1.165, 1.54) is 37.7 Å². The number of benzene rings is 1. The Morgan fingerprint density at radius 1 is 0.944 bits per heavy atom. The number of unbranched alkanes of at least 4 members (excludes halogenated alkanes) is 5. The third kappa shape index (κ3) is 5.92. The first-order valence-electron chi connectivity index (χ1n) is 7.33. The summed E-state index contributed by atoms with van der Waals surface area (Å²) in [6, 6.07) is 8.66. The van der Waals surface area contributed by atoms with Crippen LogP contribution in [0.15, 0.2) is 24.3 Å². The van der Waals surface area contributed by atoms with Crippen molar-refractivity contribution in [2.75, 3.05) is 0 Å². The van der Waals surface area contributed by atoms with Crippen molar-refractivity contribution in [3.8, 4) is 11.8 Å². The van der Waals surface area contributed by atoms with Crippen LogP contribution in [0.5, 0.6) is 0 Å². The second kappa shape index (κ2) is 8.81. The first-order chi connectivity index (χ1) is 8.74. The molecule has 0 aliphatic heterocycles. The van der Waals surface area contributed by atoms with E-state index >= 15 is 0 Å². The minimum Gasteiger partial charge on any atom is -0.0979 e. The average Bonchev–Trinajstić information content (AvgIpc) is 2.38. The van der Waals surface area contributed by atoms with Crippen molar-refractivity contribution < 1.29 is 0 Å². The number of hydrogen-bond donors (Lipinski definition) is 0. The van der Waals surface area contributed by atoms with E-state index in [1.54, 1.807) is 0 Å². The van der Waals surface area contributed by atoms with Gasteiger partial charge in [-0.1, -0.05) is 70.4 Å². The molecule has 0 heterocycles. The van der Waals surface area contributed by atoms with E-state index in [0.29, 0.717) is 5.92 Å². The molecular formula is C18H26. The maximum Gasteiger partial charge on any atom is 0.0245 e. The minimum absolute atomic E-state index is 0.602. The van der Waals surface area contributed by atoms with Crippen LogP contribution in [-0.4, -0.2) is 0 Å². The predicted molar refractivity (Wildman–Crippen MR) is 80.8 cm³/mol. The second-order valence-electron chi connectivity index (χ2n) is 5.24. The molecule has 0 amide bonds. The van der Waals surface area contributed by atoms with Gasteiger partial charge in [-0.2, -0.15) is 0 Å². The summed E-state index contributed by atoms with van der Waals surface area (Å²) in [5, 5.41) is 0. The molecule has 0 nitrogen and oxygen atoms in total. The van der Waals surface area contributed by atoms with Crippen molar-refractivity contribution in [1.82, 2.24) is 0 Å². The smallest absolute Gasteiger partial charge is 0.0245 e. The van der Waals surface area contributed by atoms with Crippen LogP contribution in [-0.2, 0) is 0 Å². The molecule has 0 N–H and O–H groups in total. The molecule has 0 aromatic heterocycles. The topological polar surface area (TPSA) is 0 Å². The van der Waals surface area contributed by atoms with Crippen LogP contribution in [0.2, 0.25) is 0 Å². The van der Waals surface area contributed by atoms with Crippen molar-refractivity contribution in [2.45, 2.75) is 65.2 Å². The van der Waals surface area contributed by atoms with E-state index in [4.69, 9.17) is 0 Å². The monoisotopic (exact) mass is 242 g/mol. The molecule has 0 atom stereocenters. The lowest BCUT2D eigenvalue weighted by Crippen LogP contribution is -1.86. The van der Waals surface area contributed by atoms with Gasteiger partial charge in [0.2, 0.25) is 0 Å². The van der Waals surface area contributed by atoms with Gasteiger partial charge in [-0.05, 0) is 30.0 Å². The van der Waals surface area contributed by atoms with Crippen LogP contribution in [0, 0.1) is 11.8 Å². The van der Waals surface area contributed by atoms with E-state index in [9.17, 15) is 0 Å². The Hall–Kier alpha value is -1.22. The van der Waals surface area contributed by atoms with Gasteiger partial charge in [0.05, 0.1) is 0 Å². The molecular weight excluding hydrogens is 216 g/mol. The summed E-state index contributed by atoms with van der Waals surface area (Å²) in [6.07, 6.45) is 7.65. The maximum absolute atomic E-state index is 3.28. The van der Waals surface area contributed by atoms with Crippen molar-refractivity contribution in [3.63, 3.8) is 0 Å².